The number of ether oxygens (including phenoxy) is 1. The Morgan fingerprint density at radius 3 is 2.38 bits per heavy atom. The zero-order valence-corrected chi connectivity index (χ0v) is 15.6. The maximum Gasteiger partial charge on any atom is 0.251 e. The molecule has 0 bridgehead atoms. The Kier molecular flexibility index (Phi) is 6.86. The van der Waals surface area contributed by atoms with Gasteiger partial charge in [-0.3, -0.25) is 9.79 Å². The lowest BCUT2D eigenvalue weighted by Gasteiger charge is -2.37. The molecule has 2 aliphatic heterocycles. The Labute approximate surface area is 145 Å². The topological polar surface area (TPSA) is 69.2 Å². The summed E-state index contributed by atoms with van der Waals surface area (Å²) in [5, 5.41) is 6.85. The number of carbonyl (C=O) groups is 1. The minimum atomic E-state index is -0.211. The van der Waals surface area contributed by atoms with Crippen LogP contribution in [0.4, 0.5) is 0 Å². The van der Waals surface area contributed by atoms with Gasteiger partial charge in [0.25, 0.3) is 5.91 Å². The maximum atomic E-state index is 12.4. The fourth-order valence-electron chi connectivity index (χ4n) is 3.06. The summed E-state index contributed by atoms with van der Waals surface area (Å²) in [6, 6.07) is 0. The highest BCUT2D eigenvalue weighted by Crippen LogP contribution is 2.16. The largest absolute Gasteiger partial charge is 0.368 e. The van der Waals surface area contributed by atoms with E-state index in [2.05, 4.69) is 41.3 Å². The van der Waals surface area contributed by atoms with Crippen molar-refractivity contribution in [3.05, 3.63) is 0 Å². The molecule has 1 atom stereocenters. The molecule has 0 aromatic heterocycles. The van der Waals surface area contributed by atoms with Crippen molar-refractivity contribution in [3.63, 3.8) is 0 Å². The molecule has 2 fully saturated rings. The highest BCUT2D eigenvalue weighted by Gasteiger charge is 2.30. The quantitative estimate of drug-likeness (QED) is 0.437. The summed E-state index contributed by atoms with van der Waals surface area (Å²) in [4.78, 5) is 20.9. The van der Waals surface area contributed by atoms with Crippen LogP contribution in [0.15, 0.2) is 4.99 Å². The first-order valence-corrected chi connectivity index (χ1v) is 9.02. The van der Waals surface area contributed by atoms with E-state index in [1.54, 1.807) is 0 Å². The molecule has 0 radical (unpaired) electrons. The lowest BCUT2D eigenvalue weighted by Crippen LogP contribution is -2.56. The number of carbonyl (C=O) groups excluding carboxylic acids is 1. The number of nitrogens with zero attached hydrogens (tertiary/aromatic N) is 3. The van der Waals surface area contributed by atoms with Crippen LogP contribution in [0.1, 0.15) is 33.6 Å². The van der Waals surface area contributed by atoms with Gasteiger partial charge in [0.1, 0.15) is 6.10 Å². The van der Waals surface area contributed by atoms with Crippen LogP contribution < -0.4 is 10.6 Å². The standard InChI is InChI=1S/C17H33N5O2/c1-17(2,3)20-8-7-19-16(18-4)22-11-9-21(10-12-22)15(23)14-6-5-13-24-14/h14,20H,5-13H2,1-4H3,(H,18,19). The summed E-state index contributed by atoms with van der Waals surface area (Å²) in [5.74, 6) is 1.07. The number of aliphatic imine (C=N–C) groups is 1. The van der Waals surface area contributed by atoms with Crippen molar-refractivity contribution < 1.29 is 9.53 Å². The van der Waals surface area contributed by atoms with Crippen molar-refractivity contribution in [1.29, 1.82) is 0 Å². The van der Waals surface area contributed by atoms with E-state index in [1.807, 2.05) is 11.9 Å². The third-order valence-electron chi connectivity index (χ3n) is 4.37. The molecule has 0 aliphatic carbocycles. The number of nitrogens with one attached hydrogen (secondary N) is 2. The Bertz CT molecular complexity index is 433. The average Bonchev–Trinajstić information content (AvgIpc) is 3.08. The van der Waals surface area contributed by atoms with Gasteiger partial charge in [0.2, 0.25) is 0 Å². The molecule has 2 N–H and O–H groups in total. The molecule has 138 valence electrons. The third-order valence-corrected chi connectivity index (χ3v) is 4.37. The van der Waals surface area contributed by atoms with Crippen molar-refractivity contribution >= 4 is 11.9 Å². The highest BCUT2D eigenvalue weighted by molar-refractivity contribution is 5.82. The van der Waals surface area contributed by atoms with Crippen LogP contribution in [0.5, 0.6) is 0 Å². The number of hydrogen-bond donors (Lipinski definition) is 2. The van der Waals surface area contributed by atoms with Crippen LogP contribution in [-0.2, 0) is 9.53 Å². The summed E-state index contributed by atoms with van der Waals surface area (Å²) in [6.45, 7) is 12.0. The predicted molar refractivity (Wildman–Crippen MR) is 96.2 cm³/mol. The van der Waals surface area contributed by atoms with Crippen LogP contribution in [0.25, 0.3) is 0 Å². The molecular formula is C17H33N5O2. The first-order valence-electron chi connectivity index (χ1n) is 9.02. The minimum Gasteiger partial charge on any atom is -0.368 e. The summed E-state index contributed by atoms with van der Waals surface area (Å²) in [7, 11) is 1.81. The SMILES string of the molecule is CN=C(NCCNC(C)(C)C)N1CCN(C(=O)C2CCCO2)CC1. The summed E-state index contributed by atoms with van der Waals surface area (Å²) < 4.78 is 5.51. The van der Waals surface area contributed by atoms with Gasteiger partial charge in [0.05, 0.1) is 0 Å². The Morgan fingerprint density at radius 1 is 1.17 bits per heavy atom. The van der Waals surface area contributed by atoms with Crippen LogP contribution in [0.3, 0.4) is 0 Å². The van der Waals surface area contributed by atoms with Gasteiger partial charge in [-0.05, 0) is 33.6 Å². The van der Waals surface area contributed by atoms with Crippen molar-refractivity contribution in [1.82, 2.24) is 20.4 Å². The normalized spacial score (nSPS) is 22.8. The molecule has 1 unspecified atom stereocenters. The second-order valence-electron chi connectivity index (χ2n) is 7.46. The monoisotopic (exact) mass is 339 g/mol. The number of amides is 1. The van der Waals surface area contributed by atoms with E-state index in [9.17, 15) is 4.79 Å². The Morgan fingerprint density at radius 2 is 1.83 bits per heavy atom. The molecule has 0 aromatic rings. The molecule has 7 nitrogen and oxygen atoms in total. The molecule has 2 aliphatic rings. The lowest BCUT2D eigenvalue weighted by atomic mass is 10.1. The third kappa shape index (κ3) is 5.63. The van der Waals surface area contributed by atoms with Crippen molar-refractivity contribution in [2.24, 2.45) is 4.99 Å². The Balaban J connectivity index is 1.72. The Hall–Kier alpha value is -1.34. The predicted octanol–water partition coefficient (Wildman–Crippen LogP) is 0.273. The number of hydrogen-bond acceptors (Lipinski definition) is 4. The molecule has 7 heteroatoms. The molecular weight excluding hydrogens is 306 g/mol. The molecule has 0 aromatic carbocycles. The second-order valence-corrected chi connectivity index (χ2v) is 7.46. The van der Waals surface area contributed by atoms with Crippen LogP contribution in [0.2, 0.25) is 0 Å². The van der Waals surface area contributed by atoms with Gasteiger partial charge in [-0.1, -0.05) is 0 Å². The highest BCUT2D eigenvalue weighted by atomic mass is 16.5. The number of piperazine rings is 1. The van der Waals surface area contributed by atoms with E-state index in [0.29, 0.717) is 0 Å². The van der Waals surface area contributed by atoms with Gasteiger partial charge in [-0.2, -0.15) is 0 Å². The minimum absolute atomic E-state index is 0.125. The van der Waals surface area contributed by atoms with Gasteiger partial charge >= 0.3 is 0 Å². The van der Waals surface area contributed by atoms with Crippen molar-refractivity contribution in [2.75, 3.05) is 52.9 Å². The molecule has 24 heavy (non-hydrogen) atoms. The zero-order valence-electron chi connectivity index (χ0n) is 15.6. The fourth-order valence-corrected chi connectivity index (χ4v) is 3.06. The van der Waals surface area contributed by atoms with Crippen molar-refractivity contribution in [3.8, 4) is 0 Å². The number of rotatable bonds is 4. The molecule has 0 spiro atoms. The van der Waals surface area contributed by atoms with Crippen LogP contribution in [0, 0.1) is 0 Å². The molecule has 2 heterocycles. The molecule has 2 saturated heterocycles. The first kappa shape index (κ1) is 19.0. The molecule has 0 saturated carbocycles. The van der Waals surface area contributed by atoms with E-state index in [-0.39, 0.29) is 17.6 Å². The molecule has 2 rings (SSSR count). The van der Waals surface area contributed by atoms with E-state index >= 15 is 0 Å². The van der Waals surface area contributed by atoms with E-state index in [0.717, 1.165) is 64.7 Å². The summed E-state index contributed by atoms with van der Waals surface area (Å²) in [5.41, 5.74) is 0.125. The zero-order chi connectivity index (χ0) is 17.6. The van der Waals surface area contributed by atoms with Gasteiger partial charge in [-0.25, -0.2) is 0 Å². The van der Waals surface area contributed by atoms with E-state index in [4.69, 9.17) is 4.74 Å². The second kappa shape index (κ2) is 8.67. The number of guanidine groups is 1. The first-order chi connectivity index (χ1) is 11.4. The summed E-state index contributed by atoms with van der Waals surface area (Å²) in [6.07, 6.45) is 1.65. The fraction of sp³-hybridized carbons (Fsp3) is 0.882. The molecule has 1 amide bonds. The maximum absolute atomic E-state index is 12.4. The van der Waals surface area contributed by atoms with Gasteiger partial charge < -0.3 is 25.2 Å². The smallest absolute Gasteiger partial charge is 0.251 e. The van der Waals surface area contributed by atoms with Gasteiger partial charge in [-0.15, -0.1) is 0 Å². The van der Waals surface area contributed by atoms with Crippen LogP contribution in [-0.4, -0.2) is 86.2 Å². The van der Waals surface area contributed by atoms with E-state index in [1.165, 1.54) is 0 Å². The van der Waals surface area contributed by atoms with Gasteiger partial charge in [0.15, 0.2) is 5.96 Å². The average molecular weight is 339 g/mol. The van der Waals surface area contributed by atoms with Crippen LogP contribution >= 0.6 is 0 Å². The van der Waals surface area contributed by atoms with Gasteiger partial charge in [0, 0.05) is 58.5 Å². The summed E-state index contributed by atoms with van der Waals surface area (Å²) >= 11 is 0. The van der Waals surface area contributed by atoms with Crippen molar-refractivity contribution in [2.45, 2.75) is 45.3 Å². The van der Waals surface area contributed by atoms with E-state index < -0.39 is 0 Å². The lowest BCUT2D eigenvalue weighted by molar-refractivity contribution is -0.142.